The molecule has 154 valence electrons. The first-order valence-corrected chi connectivity index (χ1v) is 10.2. The van der Waals surface area contributed by atoms with Crippen molar-refractivity contribution in [1.29, 1.82) is 0 Å². The molecule has 0 aromatic heterocycles. The van der Waals surface area contributed by atoms with Crippen molar-refractivity contribution in [2.24, 2.45) is 0 Å². The van der Waals surface area contributed by atoms with Crippen molar-refractivity contribution in [3.05, 3.63) is 60.2 Å². The summed E-state index contributed by atoms with van der Waals surface area (Å²) in [6.45, 7) is 5.89. The summed E-state index contributed by atoms with van der Waals surface area (Å²) in [6.07, 6.45) is 0.670. The van der Waals surface area contributed by atoms with Gasteiger partial charge in [-0.15, -0.1) is 0 Å². The number of hydrogen-bond donors (Lipinski definition) is 1. The van der Waals surface area contributed by atoms with Crippen LogP contribution in [0.25, 0.3) is 0 Å². The number of rotatable bonds is 8. The van der Waals surface area contributed by atoms with Gasteiger partial charge in [-0.1, -0.05) is 42.5 Å². The smallest absolute Gasteiger partial charge is 0.224 e. The van der Waals surface area contributed by atoms with E-state index < -0.39 is 0 Å². The Balaban J connectivity index is 1.40. The molecular weight excluding hydrogens is 366 g/mol. The maximum atomic E-state index is 12.5. The molecule has 1 fully saturated rings. The van der Waals surface area contributed by atoms with Crippen molar-refractivity contribution >= 4 is 17.5 Å². The molecule has 0 unspecified atom stereocenters. The predicted molar refractivity (Wildman–Crippen MR) is 114 cm³/mol. The molecule has 2 aromatic rings. The number of amides is 2. The summed E-state index contributed by atoms with van der Waals surface area (Å²) >= 11 is 0. The van der Waals surface area contributed by atoms with E-state index in [0.717, 1.165) is 30.1 Å². The second kappa shape index (κ2) is 10.5. The quantitative estimate of drug-likeness (QED) is 0.746. The number of nitrogens with one attached hydrogen (secondary N) is 1. The summed E-state index contributed by atoms with van der Waals surface area (Å²) in [6, 6.07) is 17.6. The Kier molecular flexibility index (Phi) is 7.50. The van der Waals surface area contributed by atoms with Gasteiger partial charge in [0, 0.05) is 39.1 Å². The summed E-state index contributed by atoms with van der Waals surface area (Å²) in [5.74, 6) is 0.917. The van der Waals surface area contributed by atoms with E-state index in [0.29, 0.717) is 39.1 Å². The lowest BCUT2D eigenvalue weighted by Crippen LogP contribution is -2.49. The van der Waals surface area contributed by atoms with Gasteiger partial charge in [0.25, 0.3) is 0 Å². The second-order valence-corrected chi connectivity index (χ2v) is 7.03. The summed E-state index contributed by atoms with van der Waals surface area (Å²) in [5, 5.41) is 2.84. The molecule has 6 nitrogen and oxygen atoms in total. The van der Waals surface area contributed by atoms with Crippen LogP contribution in [0, 0.1) is 0 Å². The third-order valence-electron chi connectivity index (χ3n) is 5.01. The topological polar surface area (TPSA) is 61.9 Å². The van der Waals surface area contributed by atoms with Crippen LogP contribution in [0.15, 0.2) is 54.6 Å². The van der Waals surface area contributed by atoms with Crippen LogP contribution in [-0.4, -0.2) is 56.0 Å². The van der Waals surface area contributed by atoms with Crippen LogP contribution in [0.1, 0.15) is 18.9 Å². The zero-order valence-corrected chi connectivity index (χ0v) is 17.0. The molecule has 0 atom stereocenters. The van der Waals surface area contributed by atoms with Crippen molar-refractivity contribution in [3.63, 3.8) is 0 Å². The zero-order valence-electron chi connectivity index (χ0n) is 17.0. The molecule has 6 heteroatoms. The monoisotopic (exact) mass is 395 g/mol. The lowest BCUT2D eigenvalue weighted by atomic mass is 10.1. The molecule has 1 aliphatic rings. The highest BCUT2D eigenvalue weighted by Crippen LogP contribution is 2.28. The first kappa shape index (κ1) is 20.7. The maximum absolute atomic E-state index is 12.5. The van der Waals surface area contributed by atoms with Gasteiger partial charge < -0.3 is 19.9 Å². The van der Waals surface area contributed by atoms with Gasteiger partial charge in [-0.25, -0.2) is 0 Å². The maximum Gasteiger partial charge on any atom is 0.224 e. The number of carbonyl (C=O) groups excluding carboxylic acids is 2. The predicted octanol–water partition coefficient (Wildman–Crippen LogP) is 2.48. The number of para-hydroxylation sites is 2. The Morgan fingerprint density at radius 2 is 1.66 bits per heavy atom. The molecule has 1 saturated heterocycles. The first-order valence-electron chi connectivity index (χ1n) is 10.2. The highest BCUT2D eigenvalue weighted by Gasteiger charge is 2.22. The minimum Gasteiger partial charge on any atom is -0.492 e. The Morgan fingerprint density at radius 1 is 0.966 bits per heavy atom. The third kappa shape index (κ3) is 5.98. The van der Waals surface area contributed by atoms with E-state index in [-0.39, 0.29) is 11.8 Å². The first-order chi connectivity index (χ1) is 14.2. The number of hydrogen-bond acceptors (Lipinski definition) is 4. The van der Waals surface area contributed by atoms with Gasteiger partial charge in [-0.3, -0.25) is 9.59 Å². The molecule has 2 aromatic carbocycles. The second-order valence-electron chi connectivity index (χ2n) is 7.03. The molecule has 2 amide bonds. The zero-order chi connectivity index (χ0) is 20.5. The van der Waals surface area contributed by atoms with Crippen LogP contribution in [-0.2, 0) is 16.0 Å². The van der Waals surface area contributed by atoms with Crippen molar-refractivity contribution in [3.8, 4) is 5.75 Å². The van der Waals surface area contributed by atoms with Crippen molar-refractivity contribution < 1.29 is 14.3 Å². The number of anilines is 1. The summed E-state index contributed by atoms with van der Waals surface area (Å²) in [4.78, 5) is 28.6. The highest BCUT2D eigenvalue weighted by atomic mass is 16.5. The van der Waals surface area contributed by atoms with Crippen molar-refractivity contribution in [2.45, 2.75) is 19.8 Å². The SMILES string of the molecule is CCOc1ccccc1N1CCN(C(=O)CCNC(=O)Cc2ccccc2)CC1. The van der Waals surface area contributed by atoms with E-state index in [4.69, 9.17) is 4.74 Å². The normalized spacial score (nSPS) is 13.8. The van der Waals surface area contributed by atoms with Crippen LogP contribution in [0.5, 0.6) is 5.75 Å². The Morgan fingerprint density at radius 3 is 2.38 bits per heavy atom. The standard InChI is InChI=1S/C23H29N3O3/c1-2-29-21-11-7-6-10-20(21)25-14-16-26(17-15-25)23(28)12-13-24-22(27)18-19-8-4-3-5-9-19/h3-11H,2,12-18H2,1H3,(H,24,27). The molecule has 1 heterocycles. The fourth-order valence-electron chi connectivity index (χ4n) is 3.50. The van der Waals surface area contributed by atoms with E-state index in [1.807, 2.05) is 60.4 Å². The summed E-state index contributed by atoms with van der Waals surface area (Å²) in [5.41, 5.74) is 2.05. The van der Waals surface area contributed by atoms with Crippen LogP contribution >= 0.6 is 0 Å². The van der Waals surface area contributed by atoms with Crippen LogP contribution in [0.3, 0.4) is 0 Å². The average molecular weight is 396 g/mol. The fraction of sp³-hybridized carbons (Fsp3) is 0.391. The molecule has 1 aliphatic heterocycles. The van der Waals surface area contributed by atoms with E-state index in [1.54, 1.807) is 0 Å². The van der Waals surface area contributed by atoms with Gasteiger partial charge in [-0.05, 0) is 24.6 Å². The number of nitrogens with zero attached hydrogens (tertiary/aromatic N) is 2. The largest absolute Gasteiger partial charge is 0.492 e. The highest BCUT2D eigenvalue weighted by molar-refractivity contribution is 5.80. The average Bonchev–Trinajstić information content (AvgIpc) is 2.75. The molecule has 1 N–H and O–H groups in total. The Labute approximate surface area is 172 Å². The number of piperazine rings is 1. The van der Waals surface area contributed by atoms with Crippen LogP contribution in [0.4, 0.5) is 5.69 Å². The van der Waals surface area contributed by atoms with Gasteiger partial charge in [0.1, 0.15) is 5.75 Å². The third-order valence-corrected chi connectivity index (χ3v) is 5.01. The number of benzene rings is 2. The number of carbonyl (C=O) groups is 2. The lowest BCUT2D eigenvalue weighted by molar-refractivity contribution is -0.131. The fourth-order valence-corrected chi connectivity index (χ4v) is 3.50. The minimum absolute atomic E-state index is 0.0543. The number of ether oxygens (including phenoxy) is 1. The van der Waals surface area contributed by atoms with E-state index in [2.05, 4.69) is 16.3 Å². The van der Waals surface area contributed by atoms with Gasteiger partial charge in [-0.2, -0.15) is 0 Å². The van der Waals surface area contributed by atoms with Gasteiger partial charge in [0.15, 0.2) is 0 Å². The lowest BCUT2D eigenvalue weighted by Gasteiger charge is -2.36. The van der Waals surface area contributed by atoms with E-state index in [9.17, 15) is 9.59 Å². The molecule has 0 saturated carbocycles. The van der Waals surface area contributed by atoms with E-state index >= 15 is 0 Å². The van der Waals surface area contributed by atoms with Gasteiger partial charge in [0.05, 0.1) is 18.7 Å². The molecule has 0 radical (unpaired) electrons. The Bertz CT molecular complexity index is 802. The van der Waals surface area contributed by atoms with Gasteiger partial charge in [0.2, 0.25) is 11.8 Å². The molecule has 0 bridgehead atoms. The van der Waals surface area contributed by atoms with Crippen molar-refractivity contribution in [1.82, 2.24) is 10.2 Å². The molecule has 0 spiro atoms. The molecular formula is C23H29N3O3. The van der Waals surface area contributed by atoms with Crippen LogP contribution in [0.2, 0.25) is 0 Å². The molecule has 0 aliphatic carbocycles. The van der Waals surface area contributed by atoms with E-state index in [1.165, 1.54) is 0 Å². The van der Waals surface area contributed by atoms with Crippen LogP contribution < -0.4 is 15.0 Å². The van der Waals surface area contributed by atoms with Crippen molar-refractivity contribution in [2.75, 3.05) is 44.2 Å². The molecule has 3 rings (SSSR count). The summed E-state index contributed by atoms with van der Waals surface area (Å²) < 4.78 is 5.72. The minimum atomic E-state index is -0.0543. The van der Waals surface area contributed by atoms with Gasteiger partial charge >= 0.3 is 0 Å². The summed E-state index contributed by atoms with van der Waals surface area (Å²) in [7, 11) is 0. The Hall–Kier alpha value is -3.02. The molecule has 29 heavy (non-hydrogen) atoms.